The van der Waals surface area contributed by atoms with Gasteiger partial charge in [-0.2, -0.15) is 14.6 Å². The maximum Gasteiger partial charge on any atom is 0.216 e. The van der Waals surface area contributed by atoms with Crippen molar-refractivity contribution in [1.82, 2.24) is 19.6 Å². The van der Waals surface area contributed by atoms with Gasteiger partial charge in [0.25, 0.3) is 0 Å². The molecular weight excluding hydrogens is 233 g/mol. The standard InChI is InChI=1S/C12H18FN5/c1-4-17-8-9(3)12(16-17)14-6-10-7-15-18(5-2)11(10)13/h7-8H,4-6H2,1-3H3,(H,14,16). The number of hydrogen-bond donors (Lipinski definition) is 1. The molecule has 0 spiro atoms. The van der Waals surface area contributed by atoms with E-state index in [9.17, 15) is 4.39 Å². The normalized spacial score (nSPS) is 10.9. The number of hydrogen-bond acceptors (Lipinski definition) is 3. The predicted octanol–water partition coefficient (Wildman–Crippen LogP) is 2.18. The van der Waals surface area contributed by atoms with E-state index < -0.39 is 0 Å². The van der Waals surface area contributed by atoms with E-state index in [2.05, 4.69) is 15.5 Å². The van der Waals surface area contributed by atoms with Crippen molar-refractivity contribution in [3.8, 4) is 0 Å². The van der Waals surface area contributed by atoms with Crippen LogP contribution in [0.1, 0.15) is 25.0 Å². The molecule has 0 saturated carbocycles. The molecule has 2 aromatic heterocycles. The molecule has 1 N–H and O–H groups in total. The highest BCUT2D eigenvalue weighted by Crippen LogP contribution is 2.14. The highest BCUT2D eigenvalue weighted by molar-refractivity contribution is 5.42. The quantitative estimate of drug-likeness (QED) is 0.886. The van der Waals surface area contributed by atoms with E-state index in [0.717, 1.165) is 17.9 Å². The minimum absolute atomic E-state index is 0.280. The van der Waals surface area contributed by atoms with Gasteiger partial charge in [0.1, 0.15) is 0 Å². The Morgan fingerprint density at radius 2 is 2.11 bits per heavy atom. The van der Waals surface area contributed by atoms with Crippen LogP contribution in [0, 0.1) is 12.9 Å². The monoisotopic (exact) mass is 251 g/mol. The van der Waals surface area contributed by atoms with Crippen molar-refractivity contribution in [2.45, 2.75) is 40.4 Å². The second kappa shape index (κ2) is 5.20. The lowest BCUT2D eigenvalue weighted by Gasteiger charge is -2.02. The summed E-state index contributed by atoms with van der Waals surface area (Å²) >= 11 is 0. The molecule has 2 heterocycles. The Morgan fingerprint density at radius 1 is 1.33 bits per heavy atom. The summed E-state index contributed by atoms with van der Waals surface area (Å²) in [6, 6.07) is 0. The Balaban J connectivity index is 2.06. The van der Waals surface area contributed by atoms with Crippen LogP contribution in [0.3, 0.4) is 0 Å². The SMILES string of the molecule is CCn1cc(C)c(NCc2cnn(CC)c2F)n1. The first-order valence-corrected chi connectivity index (χ1v) is 6.13. The molecule has 2 rings (SSSR count). The Hall–Kier alpha value is -1.85. The summed E-state index contributed by atoms with van der Waals surface area (Å²) in [6.45, 7) is 7.63. The predicted molar refractivity (Wildman–Crippen MR) is 67.8 cm³/mol. The number of nitrogens with one attached hydrogen (secondary N) is 1. The van der Waals surface area contributed by atoms with Gasteiger partial charge in [-0.15, -0.1) is 0 Å². The van der Waals surface area contributed by atoms with Gasteiger partial charge in [0.2, 0.25) is 5.95 Å². The smallest absolute Gasteiger partial charge is 0.216 e. The van der Waals surface area contributed by atoms with Gasteiger partial charge in [0.15, 0.2) is 5.82 Å². The van der Waals surface area contributed by atoms with E-state index >= 15 is 0 Å². The van der Waals surface area contributed by atoms with Crippen molar-refractivity contribution >= 4 is 5.82 Å². The zero-order valence-electron chi connectivity index (χ0n) is 10.9. The maximum atomic E-state index is 13.7. The van der Waals surface area contributed by atoms with Crippen LogP contribution in [0.25, 0.3) is 0 Å². The van der Waals surface area contributed by atoms with Crippen molar-refractivity contribution in [3.63, 3.8) is 0 Å². The average Bonchev–Trinajstić information content (AvgIpc) is 2.90. The van der Waals surface area contributed by atoms with Gasteiger partial charge >= 0.3 is 0 Å². The molecule has 18 heavy (non-hydrogen) atoms. The maximum absolute atomic E-state index is 13.7. The summed E-state index contributed by atoms with van der Waals surface area (Å²) in [7, 11) is 0. The summed E-state index contributed by atoms with van der Waals surface area (Å²) in [6.07, 6.45) is 3.52. The minimum atomic E-state index is -0.280. The summed E-state index contributed by atoms with van der Waals surface area (Å²) in [4.78, 5) is 0. The van der Waals surface area contributed by atoms with E-state index in [1.807, 2.05) is 31.6 Å². The second-order valence-electron chi connectivity index (χ2n) is 4.15. The molecule has 0 aromatic carbocycles. The van der Waals surface area contributed by atoms with Crippen molar-refractivity contribution < 1.29 is 4.39 Å². The lowest BCUT2D eigenvalue weighted by Crippen LogP contribution is -2.05. The van der Waals surface area contributed by atoms with Crippen LogP contribution in [0.15, 0.2) is 12.4 Å². The molecule has 0 aliphatic rings. The van der Waals surface area contributed by atoms with Gasteiger partial charge in [-0.25, -0.2) is 4.68 Å². The number of aromatic nitrogens is 4. The van der Waals surface area contributed by atoms with Crippen LogP contribution in [0.2, 0.25) is 0 Å². The van der Waals surface area contributed by atoms with Crippen LogP contribution in [0.5, 0.6) is 0 Å². The number of rotatable bonds is 5. The van der Waals surface area contributed by atoms with Crippen LogP contribution in [-0.2, 0) is 19.6 Å². The average molecular weight is 251 g/mol. The van der Waals surface area contributed by atoms with Gasteiger partial charge in [-0.05, 0) is 20.8 Å². The molecule has 0 fully saturated rings. The third-order valence-corrected chi connectivity index (χ3v) is 2.86. The van der Waals surface area contributed by atoms with Gasteiger partial charge in [0.05, 0.1) is 6.20 Å². The minimum Gasteiger partial charge on any atom is -0.364 e. The highest BCUT2D eigenvalue weighted by atomic mass is 19.1. The second-order valence-corrected chi connectivity index (χ2v) is 4.15. The zero-order chi connectivity index (χ0) is 13.1. The molecular formula is C12H18FN5. The van der Waals surface area contributed by atoms with E-state index in [4.69, 9.17) is 0 Å². The Kier molecular flexibility index (Phi) is 3.64. The van der Waals surface area contributed by atoms with Crippen LogP contribution < -0.4 is 5.32 Å². The molecule has 0 bridgehead atoms. The van der Waals surface area contributed by atoms with Gasteiger partial charge in [-0.1, -0.05) is 0 Å². The molecule has 98 valence electrons. The van der Waals surface area contributed by atoms with Crippen LogP contribution >= 0.6 is 0 Å². The first-order chi connectivity index (χ1) is 8.65. The molecule has 0 aliphatic carbocycles. The first kappa shape index (κ1) is 12.6. The van der Waals surface area contributed by atoms with E-state index in [1.165, 1.54) is 4.68 Å². The number of anilines is 1. The van der Waals surface area contributed by atoms with Crippen LogP contribution in [0.4, 0.5) is 10.2 Å². The van der Waals surface area contributed by atoms with Gasteiger partial charge in [-0.3, -0.25) is 4.68 Å². The first-order valence-electron chi connectivity index (χ1n) is 6.13. The van der Waals surface area contributed by atoms with E-state index in [-0.39, 0.29) is 5.95 Å². The summed E-state index contributed by atoms with van der Waals surface area (Å²) in [5.41, 5.74) is 1.61. The molecule has 5 nitrogen and oxygen atoms in total. The Labute approximate surface area is 106 Å². The Morgan fingerprint density at radius 3 is 2.67 bits per heavy atom. The summed E-state index contributed by atoms with van der Waals surface area (Å²) in [5, 5.41) is 11.5. The molecule has 0 unspecified atom stereocenters. The molecule has 0 amide bonds. The lowest BCUT2D eigenvalue weighted by molar-refractivity contribution is 0.465. The largest absolute Gasteiger partial charge is 0.364 e. The van der Waals surface area contributed by atoms with Crippen molar-refractivity contribution in [1.29, 1.82) is 0 Å². The third-order valence-electron chi connectivity index (χ3n) is 2.86. The van der Waals surface area contributed by atoms with Crippen molar-refractivity contribution in [3.05, 3.63) is 29.5 Å². The highest BCUT2D eigenvalue weighted by Gasteiger charge is 2.10. The molecule has 2 aromatic rings. The molecule has 0 atom stereocenters. The Bertz CT molecular complexity index is 527. The van der Waals surface area contributed by atoms with E-state index in [1.54, 1.807) is 6.20 Å². The summed E-state index contributed by atoms with van der Waals surface area (Å²) in [5.74, 6) is 0.512. The van der Waals surface area contributed by atoms with Crippen LogP contribution in [-0.4, -0.2) is 19.6 Å². The van der Waals surface area contributed by atoms with Crippen molar-refractivity contribution in [2.75, 3.05) is 5.32 Å². The molecule has 0 aliphatic heterocycles. The third kappa shape index (κ3) is 2.37. The molecule has 6 heteroatoms. The summed E-state index contributed by atoms with van der Waals surface area (Å²) < 4.78 is 16.9. The molecule has 0 saturated heterocycles. The zero-order valence-corrected chi connectivity index (χ0v) is 10.9. The van der Waals surface area contributed by atoms with Gasteiger partial charge < -0.3 is 5.32 Å². The fourth-order valence-electron chi connectivity index (χ4n) is 1.78. The lowest BCUT2D eigenvalue weighted by atomic mass is 10.3. The van der Waals surface area contributed by atoms with Gasteiger partial charge in [0, 0.05) is 37.0 Å². The topological polar surface area (TPSA) is 47.7 Å². The van der Waals surface area contributed by atoms with E-state index in [0.29, 0.717) is 18.7 Å². The number of aryl methyl sites for hydroxylation is 3. The number of nitrogens with zero attached hydrogens (tertiary/aromatic N) is 4. The molecule has 0 radical (unpaired) electrons. The van der Waals surface area contributed by atoms with Crippen molar-refractivity contribution in [2.24, 2.45) is 0 Å². The fourth-order valence-corrected chi connectivity index (χ4v) is 1.78. The fraction of sp³-hybridized carbons (Fsp3) is 0.500. The number of halogens is 1.